The molecule has 228 valence electrons. The summed E-state index contributed by atoms with van der Waals surface area (Å²) in [5.74, 6) is -4.54. The molecule has 0 bridgehead atoms. The van der Waals surface area contributed by atoms with Crippen LogP contribution in [0.15, 0.2) is 54.6 Å². The minimum absolute atomic E-state index is 0.0104. The molecule has 0 spiro atoms. The molecule has 10 N–H and O–H groups in total. The lowest BCUT2D eigenvalue weighted by Crippen LogP contribution is -2.57. The van der Waals surface area contributed by atoms with E-state index in [1.165, 1.54) is 24.3 Å². The van der Waals surface area contributed by atoms with Crippen LogP contribution < -0.4 is 27.4 Å². The van der Waals surface area contributed by atoms with E-state index in [-0.39, 0.29) is 37.9 Å². The number of carboxylic acids is 2. The minimum Gasteiger partial charge on any atom is -0.508 e. The van der Waals surface area contributed by atoms with Crippen molar-refractivity contribution < 1.29 is 39.3 Å². The Morgan fingerprint density at radius 3 is 1.83 bits per heavy atom. The fraction of sp³-hybridized carbons (Fsp3) is 0.414. The van der Waals surface area contributed by atoms with Crippen LogP contribution in [0.3, 0.4) is 0 Å². The summed E-state index contributed by atoms with van der Waals surface area (Å²) in [4.78, 5) is 62.3. The van der Waals surface area contributed by atoms with Crippen LogP contribution in [0.25, 0.3) is 0 Å². The molecule has 3 amide bonds. The van der Waals surface area contributed by atoms with Crippen LogP contribution >= 0.6 is 0 Å². The lowest BCUT2D eigenvalue weighted by atomic mass is 10.0. The summed E-state index contributed by atoms with van der Waals surface area (Å²) < 4.78 is 0. The number of aromatic hydroxyl groups is 1. The van der Waals surface area contributed by atoms with E-state index in [0.717, 1.165) is 0 Å². The summed E-state index contributed by atoms with van der Waals surface area (Å²) in [6.07, 6.45) is 0.726. The zero-order chi connectivity index (χ0) is 31.1. The van der Waals surface area contributed by atoms with Gasteiger partial charge in [-0.3, -0.25) is 19.2 Å². The normalized spacial score (nSPS) is 13.7. The van der Waals surface area contributed by atoms with Crippen LogP contribution in [0, 0.1) is 0 Å². The number of rotatable bonds is 18. The first-order chi connectivity index (χ1) is 20.0. The van der Waals surface area contributed by atoms with Gasteiger partial charge in [0.25, 0.3) is 0 Å². The maximum atomic E-state index is 13.4. The molecule has 0 radical (unpaired) electrons. The molecule has 2 rings (SSSR count). The summed E-state index contributed by atoms with van der Waals surface area (Å²) >= 11 is 0. The number of hydrogen-bond acceptors (Lipinski definition) is 8. The zero-order valence-corrected chi connectivity index (χ0v) is 23.2. The molecule has 2 aromatic carbocycles. The van der Waals surface area contributed by atoms with Gasteiger partial charge in [-0.05, 0) is 55.5 Å². The highest BCUT2D eigenvalue weighted by molar-refractivity contribution is 5.94. The van der Waals surface area contributed by atoms with Crippen molar-refractivity contribution in [3.8, 4) is 5.75 Å². The molecular formula is C29H39N5O8. The van der Waals surface area contributed by atoms with Crippen molar-refractivity contribution in [1.82, 2.24) is 16.0 Å². The fourth-order valence-corrected chi connectivity index (χ4v) is 4.12. The number of phenolic OH excluding ortho intramolecular Hbond substituents is 1. The van der Waals surface area contributed by atoms with Crippen LogP contribution in [-0.2, 0) is 36.8 Å². The van der Waals surface area contributed by atoms with Crippen LogP contribution in [0.5, 0.6) is 5.75 Å². The highest BCUT2D eigenvalue weighted by Gasteiger charge is 2.30. The van der Waals surface area contributed by atoms with E-state index in [9.17, 15) is 34.2 Å². The van der Waals surface area contributed by atoms with E-state index in [0.29, 0.717) is 30.5 Å². The quantitative estimate of drug-likeness (QED) is 0.109. The first kappa shape index (κ1) is 33.7. The van der Waals surface area contributed by atoms with E-state index in [4.69, 9.17) is 16.6 Å². The molecule has 4 atom stereocenters. The van der Waals surface area contributed by atoms with Gasteiger partial charge in [0.1, 0.15) is 23.9 Å². The Bertz CT molecular complexity index is 1190. The van der Waals surface area contributed by atoms with Crippen molar-refractivity contribution >= 4 is 29.7 Å². The number of nitrogens with one attached hydrogen (secondary N) is 3. The molecule has 13 nitrogen and oxygen atoms in total. The molecule has 0 saturated heterocycles. The molecule has 4 unspecified atom stereocenters. The molecule has 0 aliphatic heterocycles. The second kappa shape index (κ2) is 17.4. The second-order valence-electron chi connectivity index (χ2n) is 9.91. The number of carbonyl (C=O) groups is 5. The Morgan fingerprint density at radius 2 is 1.24 bits per heavy atom. The van der Waals surface area contributed by atoms with E-state index < -0.39 is 53.8 Å². The average molecular weight is 586 g/mol. The Labute approximate surface area is 243 Å². The number of amides is 3. The molecule has 0 saturated carbocycles. The van der Waals surface area contributed by atoms with Gasteiger partial charge in [0.2, 0.25) is 17.7 Å². The monoisotopic (exact) mass is 585 g/mol. The first-order valence-corrected chi connectivity index (χ1v) is 13.6. The molecular weight excluding hydrogens is 546 g/mol. The third kappa shape index (κ3) is 11.9. The third-order valence-corrected chi connectivity index (χ3v) is 6.49. The fourth-order valence-electron chi connectivity index (χ4n) is 4.12. The predicted molar refractivity (Wildman–Crippen MR) is 153 cm³/mol. The van der Waals surface area contributed by atoms with E-state index >= 15 is 0 Å². The van der Waals surface area contributed by atoms with Crippen molar-refractivity contribution in [3.63, 3.8) is 0 Å². The van der Waals surface area contributed by atoms with E-state index in [1.807, 2.05) is 0 Å². The summed E-state index contributed by atoms with van der Waals surface area (Å²) in [6.45, 7) is 0.358. The van der Waals surface area contributed by atoms with E-state index in [2.05, 4.69) is 16.0 Å². The molecule has 13 heteroatoms. The van der Waals surface area contributed by atoms with Gasteiger partial charge in [-0.1, -0.05) is 42.5 Å². The Kier molecular flexibility index (Phi) is 13.9. The lowest BCUT2D eigenvalue weighted by Gasteiger charge is -2.25. The van der Waals surface area contributed by atoms with Crippen molar-refractivity contribution in [2.75, 3.05) is 6.54 Å². The smallest absolute Gasteiger partial charge is 0.326 e. The average Bonchev–Trinajstić information content (AvgIpc) is 2.96. The van der Waals surface area contributed by atoms with Crippen molar-refractivity contribution in [3.05, 3.63) is 65.7 Å². The molecule has 0 fully saturated rings. The highest BCUT2D eigenvalue weighted by Crippen LogP contribution is 2.12. The molecule has 0 aromatic heterocycles. The largest absolute Gasteiger partial charge is 0.508 e. The lowest BCUT2D eigenvalue weighted by molar-refractivity contribution is -0.142. The Hall–Kier alpha value is -4.49. The number of aliphatic carboxylic acids is 2. The Morgan fingerprint density at radius 1 is 0.690 bits per heavy atom. The maximum absolute atomic E-state index is 13.4. The summed E-state index contributed by atoms with van der Waals surface area (Å²) in [7, 11) is 0. The van der Waals surface area contributed by atoms with Gasteiger partial charge >= 0.3 is 11.9 Å². The van der Waals surface area contributed by atoms with Gasteiger partial charge in [0, 0.05) is 19.3 Å². The van der Waals surface area contributed by atoms with Gasteiger partial charge in [-0.25, -0.2) is 4.79 Å². The van der Waals surface area contributed by atoms with Gasteiger partial charge < -0.3 is 42.7 Å². The SMILES string of the molecule is NCCCCC(NC(=O)C(N)CCC(=O)O)C(=O)NC(Cc1ccccc1)C(=O)NC(Cc1ccc(O)cc1)C(=O)O. The topological polar surface area (TPSA) is 234 Å². The summed E-state index contributed by atoms with van der Waals surface area (Å²) in [5, 5.41) is 35.8. The second-order valence-corrected chi connectivity index (χ2v) is 9.91. The van der Waals surface area contributed by atoms with Gasteiger partial charge in [0.15, 0.2) is 0 Å². The molecule has 0 heterocycles. The maximum Gasteiger partial charge on any atom is 0.326 e. The van der Waals surface area contributed by atoms with Crippen LogP contribution in [0.2, 0.25) is 0 Å². The van der Waals surface area contributed by atoms with Crippen LogP contribution in [-0.4, -0.2) is 75.7 Å². The summed E-state index contributed by atoms with van der Waals surface area (Å²) in [6, 6.07) is 9.89. The molecule has 0 aliphatic carbocycles. The molecule has 42 heavy (non-hydrogen) atoms. The summed E-state index contributed by atoms with van der Waals surface area (Å²) in [5.41, 5.74) is 12.6. The number of phenols is 1. The molecule has 0 aliphatic rings. The minimum atomic E-state index is -1.33. The van der Waals surface area contributed by atoms with Gasteiger partial charge in [0.05, 0.1) is 6.04 Å². The predicted octanol–water partition coefficient (Wildman–Crippen LogP) is 0.0375. The standard InChI is InChI=1S/C29H39N5O8/c30-15-5-4-8-22(32-26(38)21(31)13-14-25(36)37)27(39)33-23(16-18-6-2-1-3-7-18)28(40)34-24(29(41)42)17-19-9-11-20(35)12-10-19/h1-3,6-7,9-12,21-24,35H,4-5,8,13-17,30-31H2,(H,32,38)(H,33,39)(H,34,40)(H,36,37)(H,41,42). The number of carbonyl (C=O) groups excluding carboxylic acids is 3. The number of nitrogens with two attached hydrogens (primary N) is 2. The van der Waals surface area contributed by atoms with Crippen LogP contribution in [0.4, 0.5) is 0 Å². The van der Waals surface area contributed by atoms with Crippen molar-refractivity contribution in [1.29, 1.82) is 0 Å². The van der Waals surface area contributed by atoms with Crippen LogP contribution in [0.1, 0.15) is 43.2 Å². The van der Waals surface area contributed by atoms with Gasteiger partial charge in [-0.2, -0.15) is 0 Å². The highest BCUT2D eigenvalue weighted by atomic mass is 16.4. The van der Waals surface area contributed by atoms with Gasteiger partial charge in [-0.15, -0.1) is 0 Å². The van der Waals surface area contributed by atoms with Crippen molar-refractivity contribution in [2.24, 2.45) is 11.5 Å². The number of benzene rings is 2. The number of unbranched alkanes of at least 4 members (excludes halogenated alkanes) is 1. The first-order valence-electron chi connectivity index (χ1n) is 13.6. The molecule has 2 aromatic rings. The van der Waals surface area contributed by atoms with Crippen molar-refractivity contribution in [2.45, 2.75) is 69.1 Å². The number of carboxylic acid groups (broad SMARTS) is 2. The van der Waals surface area contributed by atoms with E-state index in [1.54, 1.807) is 30.3 Å². The Balaban J connectivity index is 2.23. The zero-order valence-electron chi connectivity index (χ0n) is 23.2. The number of hydrogen-bond donors (Lipinski definition) is 8. The third-order valence-electron chi connectivity index (χ3n) is 6.49.